The quantitative estimate of drug-likeness (QED) is 0.658. The van der Waals surface area contributed by atoms with E-state index >= 15 is 0 Å². The number of carbonyl (C=O) groups is 2. The highest BCUT2D eigenvalue weighted by atomic mass is 16.4. The first-order valence-corrected chi connectivity index (χ1v) is 7.40. The van der Waals surface area contributed by atoms with Crippen molar-refractivity contribution in [3.63, 3.8) is 0 Å². The van der Waals surface area contributed by atoms with E-state index in [-0.39, 0.29) is 24.4 Å². The van der Waals surface area contributed by atoms with Crippen LogP contribution in [0.4, 0.5) is 4.79 Å². The average molecular weight is 285 g/mol. The Hall–Kier alpha value is -1.30. The number of carboxylic acids is 1. The highest BCUT2D eigenvalue weighted by Crippen LogP contribution is 2.10. The topological polar surface area (TPSA) is 81.7 Å². The van der Waals surface area contributed by atoms with Crippen LogP contribution in [0.15, 0.2) is 0 Å². The fourth-order valence-corrected chi connectivity index (χ4v) is 2.41. The summed E-state index contributed by atoms with van der Waals surface area (Å²) in [6.07, 6.45) is 2.40. The molecule has 0 aliphatic carbocycles. The van der Waals surface area contributed by atoms with Crippen LogP contribution >= 0.6 is 0 Å². The molecular formula is C14H27N3O3. The molecule has 6 nitrogen and oxygen atoms in total. The zero-order valence-corrected chi connectivity index (χ0v) is 12.7. The molecule has 0 aromatic carbocycles. The van der Waals surface area contributed by atoms with Gasteiger partial charge < -0.3 is 15.7 Å². The zero-order chi connectivity index (χ0) is 15.1. The van der Waals surface area contributed by atoms with Crippen molar-refractivity contribution in [3.8, 4) is 0 Å². The van der Waals surface area contributed by atoms with E-state index in [1.165, 1.54) is 12.8 Å². The fraction of sp³-hybridized carbons (Fsp3) is 0.857. The molecule has 3 N–H and O–H groups in total. The van der Waals surface area contributed by atoms with Crippen molar-refractivity contribution in [1.82, 2.24) is 15.5 Å². The summed E-state index contributed by atoms with van der Waals surface area (Å²) in [6, 6.07) is -0.300. The predicted molar refractivity (Wildman–Crippen MR) is 77.7 cm³/mol. The van der Waals surface area contributed by atoms with Gasteiger partial charge in [0.1, 0.15) is 0 Å². The molecule has 1 heterocycles. The van der Waals surface area contributed by atoms with Gasteiger partial charge in [0.15, 0.2) is 0 Å². The Morgan fingerprint density at radius 3 is 2.30 bits per heavy atom. The Balaban J connectivity index is 2.31. The van der Waals surface area contributed by atoms with Gasteiger partial charge in [-0.1, -0.05) is 13.8 Å². The van der Waals surface area contributed by atoms with Crippen LogP contribution in [0.2, 0.25) is 0 Å². The van der Waals surface area contributed by atoms with Gasteiger partial charge in [0.2, 0.25) is 0 Å². The van der Waals surface area contributed by atoms with E-state index in [2.05, 4.69) is 22.5 Å². The molecule has 0 bridgehead atoms. The minimum atomic E-state index is -0.894. The Labute approximate surface area is 120 Å². The minimum absolute atomic E-state index is 0.0488. The van der Waals surface area contributed by atoms with Gasteiger partial charge in [-0.15, -0.1) is 0 Å². The van der Waals surface area contributed by atoms with Gasteiger partial charge in [-0.25, -0.2) is 4.79 Å². The second-order valence-electron chi connectivity index (χ2n) is 5.89. The first-order chi connectivity index (χ1) is 9.40. The maximum Gasteiger partial charge on any atom is 0.315 e. The molecular weight excluding hydrogens is 258 g/mol. The normalized spacial score (nSPS) is 18.8. The first kappa shape index (κ1) is 16.8. The van der Waals surface area contributed by atoms with Crippen LogP contribution in [0, 0.1) is 5.92 Å². The zero-order valence-electron chi connectivity index (χ0n) is 12.7. The molecule has 1 saturated heterocycles. The summed E-state index contributed by atoms with van der Waals surface area (Å²) in [7, 11) is 0. The molecule has 2 amide bonds. The lowest BCUT2D eigenvalue weighted by Gasteiger charge is -2.25. The molecule has 0 spiro atoms. The van der Waals surface area contributed by atoms with Crippen molar-refractivity contribution in [1.29, 1.82) is 0 Å². The number of nitrogens with zero attached hydrogens (tertiary/aromatic N) is 1. The van der Waals surface area contributed by atoms with Gasteiger partial charge in [0.25, 0.3) is 0 Å². The van der Waals surface area contributed by atoms with Gasteiger partial charge in [-0.05, 0) is 38.8 Å². The predicted octanol–water partition coefficient (Wildman–Crippen LogP) is 1.27. The summed E-state index contributed by atoms with van der Waals surface area (Å²) in [4.78, 5) is 24.9. The van der Waals surface area contributed by atoms with Gasteiger partial charge in [-0.2, -0.15) is 0 Å². The molecule has 0 aromatic rings. The first-order valence-electron chi connectivity index (χ1n) is 7.40. The van der Waals surface area contributed by atoms with Crippen LogP contribution in [0.3, 0.4) is 0 Å². The number of urea groups is 1. The van der Waals surface area contributed by atoms with Crippen molar-refractivity contribution < 1.29 is 14.7 Å². The lowest BCUT2D eigenvalue weighted by molar-refractivity contribution is -0.137. The number of amides is 2. The number of hydrogen-bond acceptors (Lipinski definition) is 3. The Morgan fingerprint density at radius 2 is 1.80 bits per heavy atom. The summed E-state index contributed by atoms with van der Waals surface area (Å²) < 4.78 is 0. The summed E-state index contributed by atoms with van der Waals surface area (Å²) in [6.45, 7) is 8.68. The SMILES string of the molecule is CC(C)C(CC(=O)O)NC(=O)NCC(C)N1CCCC1. The third-order valence-electron chi connectivity index (χ3n) is 3.84. The minimum Gasteiger partial charge on any atom is -0.481 e. The lowest BCUT2D eigenvalue weighted by Crippen LogP contribution is -2.49. The third-order valence-corrected chi connectivity index (χ3v) is 3.84. The summed E-state index contributed by atoms with van der Waals surface area (Å²) >= 11 is 0. The van der Waals surface area contributed by atoms with E-state index < -0.39 is 5.97 Å². The smallest absolute Gasteiger partial charge is 0.315 e. The van der Waals surface area contributed by atoms with Crippen LogP contribution < -0.4 is 10.6 Å². The average Bonchev–Trinajstić information content (AvgIpc) is 2.88. The van der Waals surface area contributed by atoms with E-state index in [4.69, 9.17) is 5.11 Å². The van der Waals surface area contributed by atoms with Crippen LogP contribution in [-0.2, 0) is 4.79 Å². The van der Waals surface area contributed by atoms with Crippen LogP contribution in [0.5, 0.6) is 0 Å². The van der Waals surface area contributed by atoms with Crippen molar-refractivity contribution in [2.75, 3.05) is 19.6 Å². The molecule has 2 atom stereocenters. The highest BCUT2D eigenvalue weighted by Gasteiger charge is 2.21. The highest BCUT2D eigenvalue weighted by molar-refractivity contribution is 5.75. The van der Waals surface area contributed by atoms with E-state index in [1.807, 2.05) is 13.8 Å². The Kier molecular flexibility index (Phi) is 6.78. The Morgan fingerprint density at radius 1 is 1.20 bits per heavy atom. The molecule has 0 aromatic heterocycles. The van der Waals surface area contributed by atoms with E-state index in [1.54, 1.807) is 0 Å². The second kappa shape index (κ2) is 8.09. The molecule has 0 saturated carbocycles. The molecule has 6 heteroatoms. The van der Waals surface area contributed by atoms with Gasteiger partial charge in [0.05, 0.1) is 6.42 Å². The van der Waals surface area contributed by atoms with Crippen LogP contribution in [0.1, 0.15) is 40.0 Å². The number of carboxylic acid groups (broad SMARTS) is 1. The second-order valence-corrected chi connectivity index (χ2v) is 5.89. The van der Waals surface area contributed by atoms with E-state index in [0.29, 0.717) is 12.6 Å². The standard InChI is InChI=1S/C14H27N3O3/c1-10(2)12(8-13(18)19)16-14(20)15-9-11(3)17-6-4-5-7-17/h10-12H,4-9H2,1-3H3,(H,18,19)(H2,15,16,20). The molecule has 0 radical (unpaired) electrons. The monoisotopic (exact) mass is 285 g/mol. The molecule has 2 unspecified atom stereocenters. The number of nitrogens with one attached hydrogen (secondary N) is 2. The number of carbonyl (C=O) groups excluding carboxylic acids is 1. The van der Waals surface area contributed by atoms with Gasteiger partial charge in [-0.3, -0.25) is 9.69 Å². The van der Waals surface area contributed by atoms with Crippen LogP contribution in [-0.4, -0.2) is 53.7 Å². The number of rotatable bonds is 7. The van der Waals surface area contributed by atoms with Crippen LogP contribution in [0.25, 0.3) is 0 Å². The fourth-order valence-electron chi connectivity index (χ4n) is 2.41. The van der Waals surface area contributed by atoms with Crippen molar-refractivity contribution >= 4 is 12.0 Å². The van der Waals surface area contributed by atoms with Crippen molar-refractivity contribution in [2.45, 2.75) is 52.1 Å². The molecule has 1 aliphatic rings. The van der Waals surface area contributed by atoms with Gasteiger partial charge >= 0.3 is 12.0 Å². The van der Waals surface area contributed by atoms with Gasteiger partial charge in [0, 0.05) is 18.6 Å². The number of aliphatic carboxylic acids is 1. The molecule has 1 aliphatic heterocycles. The largest absolute Gasteiger partial charge is 0.481 e. The van der Waals surface area contributed by atoms with E-state index in [9.17, 15) is 9.59 Å². The maximum atomic E-state index is 11.8. The molecule has 20 heavy (non-hydrogen) atoms. The molecule has 1 rings (SSSR count). The molecule has 1 fully saturated rings. The number of likely N-dealkylation sites (tertiary alicyclic amines) is 1. The summed E-state index contributed by atoms with van der Waals surface area (Å²) in [5, 5.41) is 14.4. The van der Waals surface area contributed by atoms with Crippen molar-refractivity contribution in [3.05, 3.63) is 0 Å². The lowest BCUT2D eigenvalue weighted by atomic mass is 10.0. The van der Waals surface area contributed by atoms with Crippen molar-refractivity contribution in [2.24, 2.45) is 5.92 Å². The summed E-state index contributed by atoms with van der Waals surface area (Å²) in [5.41, 5.74) is 0. The number of hydrogen-bond donors (Lipinski definition) is 3. The Bertz CT molecular complexity index is 328. The molecule has 116 valence electrons. The van der Waals surface area contributed by atoms with E-state index in [0.717, 1.165) is 13.1 Å². The third kappa shape index (κ3) is 5.77. The maximum absolute atomic E-state index is 11.8. The summed E-state index contributed by atoms with van der Waals surface area (Å²) in [5.74, 6) is -0.803.